The molecule has 2 aliphatic rings. The van der Waals surface area contributed by atoms with E-state index in [0.717, 1.165) is 36.9 Å². The average molecular weight is 344 g/mol. The van der Waals surface area contributed by atoms with Crippen LogP contribution < -0.4 is 5.32 Å². The zero-order valence-electron chi connectivity index (χ0n) is 13.4. The van der Waals surface area contributed by atoms with Gasteiger partial charge in [0.05, 0.1) is 11.8 Å². The van der Waals surface area contributed by atoms with Crippen molar-refractivity contribution in [3.05, 3.63) is 29.8 Å². The van der Waals surface area contributed by atoms with Gasteiger partial charge in [-0.25, -0.2) is 9.78 Å². The molecule has 0 radical (unpaired) electrons. The van der Waals surface area contributed by atoms with Gasteiger partial charge < -0.3 is 9.64 Å². The summed E-state index contributed by atoms with van der Waals surface area (Å²) in [6.07, 6.45) is 5.41. The topological polar surface area (TPSA) is 67.4 Å². The maximum Gasteiger partial charge on any atom is 0.323 e. The lowest BCUT2D eigenvalue weighted by Gasteiger charge is -2.16. The van der Waals surface area contributed by atoms with E-state index < -0.39 is 0 Å². The molecule has 1 saturated heterocycles. The number of hydrogen-bond donors (Lipinski definition) is 1. The van der Waals surface area contributed by atoms with Crippen LogP contribution in [0.15, 0.2) is 29.8 Å². The summed E-state index contributed by atoms with van der Waals surface area (Å²) in [6, 6.07) is 5.59. The number of aromatic nitrogens is 2. The van der Waals surface area contributed by atoms with Gasteiger partial charge in [0.2, 0.25) is 0 Å². The van der Waals surface area contributed by atoms with Crippen molar-refractivity contribution in [2.45, 2.75) is 25.4 Å². The minimum atomic E-state index is -0.102. The second-order valence-corrected chi connectivity index (χ2v) is 7.17. The summed E-state index contributed by atoms with van der Waals surface area (Å²) in [4.78, 5) is 22.9. The lowest BCUT2D eigenvalue weighted by Crippen LogP contribution is -2.34. The third-order valence-electron chi connectivity index (χ3n) is 4.34. The van der Waals surface area contributed by atoms with Crippen LogP contribution in [0.3, 0.4) is 0 Å². The Labute approximate surface area is 144 Å². The Balaban J connectivity index is 1.30. The number of nitrogens with zero attached hydrogens (tertiary/aromatic N) is 3. The van der Waals surface area contributed by atoms with Crippen LogP contribution in [0.5, 0.6) is 0 Å². The highest BCUT2D eigenvalue weighted by atomic mass is 32.1. The molecule has 2 fully saturated rings. The lowest BCUT2D eigenvalue weighted by atomic mass is 10.3. The molecule has 4 rings (SSSR count). The standard InChI is InChI=1S/C17H20N4O2S/c22-17(21-8-6-13(9-21)23-10-12-4-5-12)20-16-19-15(11-24-16)14-3-1-2-7-18-14/h1-3,7,11-13H,4-6,8-10H2,(H,19,20,22). The fourth-order valence-corrected chi connectivity index (χ4v) is 3.43. The smallest absolute Gasteiger partial charge is 0.323 e. The van der Waals surface area contributed by atoms with E-state index in [0.29, 0.717) is 11.7 Å². The third-order valence-corrected chi connectivity index (χ3v) is 5.10. The number of anilines is 1. The predicted octanol–water partition coefficient (Wildman–Crippen LogP) is 3.24. The van der Waals surface area contributed by atoms with E-state index >= 15 is 0 Å². The molecular formula is C17H20N4O2S. The molecular weight excluding hydrogens is 324 g/mol. The van der Waals surface area contributed by atoms with Crippen molar-refractivity contribution in [3.8, 4) is 11.4 Å². The maximum absolute atomic E-state index is 12.4. The van der Waals surface area contributed by atoms with Crippen LogP contribution in [-0.2, 0) is 4.74 Å². The molecule has 1 unspecified atom stereocenters. The molecule has 1 saturated carbocycles. The van der Waals surface area contributed by atoms with Gasteiger partial charge in [-0.2, -0.15) is 0 Å². The van der Waals surface area contributed by atoms with E-state index in [-0.39, 0.29) is 12.1 Å². The van der Waals surface area contributed by atoms with Crippen molar-refractivity contribution >= 4 is 22.5 Å². The molecule has 126 valence electrons. The van der Waals surface area contributed by atoms with Crippen LogP contribution in [0.1, 0.15) is 19.3 Å². The van der Waals surface area contributed by atoms with Crippen molar-refractivity contribution in [3.63, 3.8) is 0 Å². The Kier molecular flexibility index (Phi) is 4.44. The number of nitrogens with one attached hydrogen (secondary N) is 1. The van der Waals surface area contributed by atoms with Crippen molar-refractivity contribution in [1.82, 2.24) is 14.9 Å². The number of hydrogen-bond acceptors (Lipinski definition) is 5. The van der Waals surface area contributed by atoms with Crippen LogP contribution in [0.4, 0.5) is 9.93 Å². The zero-order valence-corrected chi connectivity index (χ0v) is 14.2. The van der Waals surface area contributed by atoms with Gasteiger partial charge in [0.15, 0.2) is 5.13 Å². The van der Waals surface area contributed by atoms with Gasteiger partial charge in [-0.05, 0) is 37.3 Å². The first-order valence-corrected chi connectivity index (χ1v) is 9.20. The first kappa shape index (κ1) is 15.5. The quantitative estimate of drug-likeness (QED) is 0.904. The van der Waals surface area contributed by atoms with Gasteiger partial charge in [-0.1, -0.05) is 6.07 Å². The van der Waals surface area contributed by atoms with E-state index in [1.165, 1.54) is 24.2 Å². The molecule has 0 bridgehead atoms. The van der Waals surface area contributed by atoms with Gasteiger partial charge in [0, 0.05) is 31.3 Å². The van der Waals surface area contributed by atoms with Crippen LogP contribution in [-0.4, -0.2) is 46.7 Å². The molecule has 1 aliphatic heterocycles. The van der Waals surface area contributed by atoms with Crippen LogP contribution in [0.25, 0.3) is 11.4 Å². The fourth-order valence-electron chi connectivity index (χ4n) is 2.74. The zero-order chi connectivity index (χ0) is 16.4. The Bertz CT molecular complexity index is 702. The summed E-state index contributed by atoms with van der Waals surface area (Å²) in [6.45, 7) is 2.25. The van der Waals surface area contributed by atoms with Crippen molar-refractivity contribution < 1.29 is 9.53 Å². The summed E-state index contributed by atoms with van der Waals surface area (Å²) < 4.78 is 5.88. The molecule has 0 spiro atoms. The van der Waals surface area contributed by atoms with E-state index in [1.54, 1.807) is 11.1 Å². The van der Waals surface area contributed by atoms with Gasteiger partial charge in [-0.3, -0.25) is 10.3 Å². The highest BCUT2D eigenvalue weighted by molar-refractivity contribution is 7.14. The van der Waals surface area contributed by atoms with Crippen LogP contribution >= 0.6 is 11.3 Å². The summed E-state index contributed by atoms with van der Waals surface area (Å²) >= 11 is 1.41. The summed E-state index contributed by atoms with van der Waals surface area (Å²) in [5.41, 5.74) is 1.59. The van der Waals surface area contributed by atoms with E-state index in [1.807, 2.05) is 23.6 Å². The first-order valence-electron chi connectivity index (χ1n) is 8.32. The van der Waals surface area contributed by atoms with Crippen molar-refractivity contribution in [1.29, 1.82) is 0 Å². The summed E-state index contributed by atoms with van der Waals surface area (Å²) in [7, 11) is 0. The fraction of sp³-hybridized carbons (Fsp3) is 0.471. The molecule has 1 atom stereocenters. The second-order valence-electron chi connectivity index (χ2n) is 6.32. The minimum absolute atomic E-state index is 0.102. The van der Waals surface area contributed by atoms with Crippen molar-refractivity contribution in [2.24, 2.45) is 5.92 Å². The number of carbonyl (C=O) groups is 1. The average Bonchev–Trinajstić information content (AvgIpc) is 3.12. The first-order chi connectivity index (χ1) is 11.8. The summed E-state index contributed by atoms with van der Waals surface area (Å²) in [5, 5.41) is 5.39. The number of pyridine rings is 1. The van der Waals surface area contributed by atoms with Gasteiger partial charge in [0.1, 0.15) is 5.69 Å². The van der Waals surface area contributed by atoms with Crippen LogP contribution in [0, 0.1) is 5.92 Å². The molecule has 1 aliphatic carbocycles. The number of urea groups is 1. The molecule has 0 aromatic carbocycles. The molecule has 3 heterocycles. The number of carbonyl (C=O) groups excluding carboxylic acids is 1. The highest BCUT2D eigenvalue weighted by Gasteiger charge is 2.29. The molecule has 2 aromatic rings. The highest BCUT2D eigenvalue weighted by Crippen LogP contribution is 2.30. The molecule has 24 heavy (non-hydrogen) atoms. The van der Waals surface area contributed by atoms with Gasteiger partial charge >= 0.3 is 6.03 Å². The van der Waals surface area contributed by atoms with E-state index in [2.05, 4.69) is 15.3 Å². The van der Waals surface area contributed by atoms with Crippen LogP contribution in [0.2, 0.25) is 0 Å². The Morgan fingerprint density at radius 3 is 3.04 bits per heavy atom. The molecule has 1 N–H and O–H groups in total. The number of ether oxygens (including phenoxy) is 1. The monoisotopic (exact) mass is 344 g/mol. The number of likely N-dealkylation sites (tertiary alicyclic amines) is 1. The molecule has 7 heteroatoms. The number of rotatable bonds is 5. The predicted molar refractivity (Wildman–Crippen MR) is 93.0 cm³/mol. The van der Waals surface area contributed by atoms with Crippen molar-refractivity contribution in [2.75, 3.05) is 25.0 Å². The second kappa shape index (κ2) is 6.86. The summed E-state index contributed by atoms with van der Waals surface area (Å²) in [5.74, 6) is 0.758. The Morgan fingerprint density at radius 1 is 1.33 bits per heavy atom. The third kappa shape index (κ3) is 3.73. The molecule has 2 amide bonds. The number of amides is 2. The molecule has 6 nitrogen and oxygen atoms in total. The van der Waals surface area contributed by atoms with E-state index in [4.69, 9.17) is 4.74 Å². The lowest BCUT2D eigenvalue weighted by molar-refractivity contribution is 0.0543. The van der Waals surface area contributed by atoms with E-state index in [9.17, 15) is 4.79 Å². The van der Waals surface area contributed by atoms with Gasteiger partial charge in [0.25, 0.3) is 0 Å². The largest absolute Gasteiger partial charge is 0.376 e. The number of thiazole rings is 1. The molecule has 2 aromatic heterocycles. The minimum Gasteiger partial charge on any atom is -0.376 e. The van der Waals surface area contributed by atoms with Gasteiger partial charge in [-0.15, -0.1) is 11.3 Å². The Hall–Kier alpha value is -1.99. The SMILES string of the molecule is O=C(Nc1nc(-c2ccccn2)cs1)N1CCC(OCC2CC2)C1. The normalized spacial score (nSPS) is 20.3. The maximum atomic E-state index is 12.4. The Morgan fingerprint density at radius 2 is 2.25 bits per heavy atom.